The molecule has 1 unspecified atom stereocenters. The highest BCUT2D eigenvalue weighted by atomic mass is 79.9. The van der Waals surface area contributed by atoms with Crippen LogP contribution in [0.25, 0.3) is 0 Å². The summed E-state index contributed by atoms with van der Waals surface area (Å²) in [7, 11) is 0.471. The summed E-state index contributed by atoms with van der Waals surface area (Å²) in [6, 6.07) is 4.82. The Morgan fingerprint density at radius 1 is 1.45 bits per heavy atom. The number of rotatable bonds is 4. The van der Waals surface area contributed by atoms with Crippen LogP contribution in [0.2, 0.25) is 0 Å². The number of anilines is 1. The number of benzene rings is 1. The highest BCUT2D eigenvalue weighted by molar-refractivity contribution is 9.10. The van der Waals surface area contributed by atoms with E-state index >= 15 is 0 Å². The fraction of sp³-hybridized carbons (Fsp3) is 0.538. The molecule has 0 saturated carbocycles. The van der Waals surface area contributed by atoms with E-state index in [2.05, 4.69) is 15.9 Å². The number of halogens is 1. The molecule has 7 heteroatoms. The van der Waals surface area contributed by atoms with E-state index in [1.165, 1.54) is 0 Å². The van der Waals surface area contributed by atoms with Crippen LogP contribution in [0, 0.1) is 0 Å². The van der Waals surface area contributed by atoms with Gasteiger partial charge in [-0.15, -0.1) is 0 Å². The van der Waals surface area contributed by atoms with Crippen molar-refractivity contribution >= 4 is 31.6 Å². The van der Waals surface area contributed by atoms with Gasteiger partial charge in [-0.25, -0.2) is 8.42 Å². The topological polar surface area (TPSA) is 66.6 Å². The van der Waals surface area contributed by atoms with Gasteiger partial charge in [0.25, 0.3) is 0 Å². The normalized spacial score (nSPS) is 20.7. The van der Waals surface area contributed by atoms with E-state index < -0.39 is 10.0 Å². The van der Waals surface area contributed by atoms with Crippen LogP contribution in [-0.2, 0) is 10.0 Å². The number of nitrogens with two attached hydrogens (primary N) is 1. The van der Waals surface area contributed by atoms with Crippen molar-refractivity contribution in [2.75, 3.05) is 32.9 Å². The number of nitrogen functional groups attached to an aromatic ring is 1. The lowest BCUT2D eigenvalue weighted by molar-refractivity contribution is 0.291. The molecule has 1 heterocycles. The molecule has 1 aliphatic heterocycles. The Labute approximate surface area is 128 Å². The van der Waals surface area contributed by atoms with Crippen LogP contribution >= 0.6 is 15.9 Å². The number of nitrogens with zero attached hydrogens (tertiary/aromatic N) is 2. The molecule has 1 saturated heterocycles. The Morgan fingerprint density at radius 2 is 2.15 bits per heavy atom. The van der Waals surface area contributed by atoms with Gasteiger partial charge >= 0.3 is 0 Å². The Bertz CT molecular complexity index is 589. The fourth-order valence-electron chi connectivity index (χ4n) is 2.53. The number of sulfonamides is 1. The van der Waals surface area contributed by atoms with Crippen LogP contribution in [0.4, 0.5) is 5.69 Å². The second-order valence-electron chi connectivity index (χ2n) is 5.36. The Morgan fingerprint density at radius 3 is 2.75 bits per heavy atom. The quantitative estimate of drug-likeness (QED) is 0.829. The molecule has 2 rings (SSSR count). The van der Waals surface area contributed by atoms with Crippen molar-refractivity contribution in [2.24, 2.45) is 0 Å². The first-order valence-corrected chi connectivity index (χ1v) is 8.77. The van der Waals surface area contributed by atoms with Gasteiger partial charge in [-0.1, -0.05) is 0 Å². The van der Waals surface area contributed by atoms with Crippen molar-refractivity contribution in [3.05, 3.63) is 22.7 Å². The lowest BCUT2D eigenvalue weighted by atomic mass is 10.2. The van der Waals surface area contributed by atoms with E-state index in [1.54, 1.807) is 22.5 Å². The molecule has 1 aromatic carbocycles. The number of hydrogen-bond donors (Lipinski definition) is 1. The summed E-state index contributed by atoms with van der Waals surface area (Å²) in [5, 5.41) is 0. The average molecular weight is 362 g/mol. The summed E-state index contributed by atoms with van der Waals surface area (Å²) in [5.41, 5.74) is 6.25. The van der Waals surface area contributed by atoms with Crippen LogP contribution < -0.4 is 5.73 Å². The maximum Gasteiger partial charge on any atom is 0.243 e. The molecule has 0 spiro atoms. The van der Waals surface area contributed by atoms with Crippen molar-refractivity contribution in [3.63, 3.8) is 0 Å². The van der Waals surface area contributed by atoms with Crippen LogP contribution in [0.15, 0.2) is 27.6 Å². The first-order chi connectivity index (χ1) is 9.32. The van der Waals surface area contributed by atoms with E-state index in [-0.39, 0.29) is 6.04 Å². The zero-order chi connectivity index (χ0) is 14.9. The highest BCUT2D eigenvalue weighted by Crippen LogP contribution is 2.29. The molecule has 1 aliphatic rings. The molecular formula is C13H20BrN3O2S. The third kappa shape index (κ3) is 3.16. The van der Waals surface area contributed by atoms with Crippen molar-refractivity contribution in [3.8, 4) is 0 Å². The van der Waals surface area contributed by atoms with E-state index in [9.17, 15) is 8.42 Å². The monoisotopic (exact) mass is 361 g/mol. The van der Waals surface area contributed by atoms with E-state index in [1.807, 2.05) is 19.0 Å². The van der Waals surface area contributed by atoms with Gasteiger partial charge in [0.05, 0.1) is 4.90 Å². The summed E-state index contributed by atoms with van der Waals surface area (Å²) in [4.78, 5) is 2.32. The summed E-state index contributed by atoms with van der Waals surface area (Å²) in [5.74, 6) is 0. The Kier molecular flexibility index (Phi) is 4.73. The highest BCUT2D eigenvalue weighted by Gasteiger charge is 2.35. The first-order valence-electron chi connectivity index (χ1n) is 6.54. The minimum Gasteiger partial charge on any atom is -0.398 e. The fourth-order valence-corrected chi connectivity index (χ4v) is 4.78. The Hall–Kier alpha value is -0.630. The largest absolute Gasteiger partial charge is 0.398 e. The third-order valence-electron chi connectivity index (χ3n) is 3.48. The van der Waals surface area contributed by atoms with Crippen molar-refractivity contribution in [1.82, 2.24) is 9.21 Å². The minimum absolute atomic E-state index is 0.0475. The van der Waals surface area contributed by atoms with Crippen molar-refractivity contribution in [1.29, 1.82) is 0 Å². The number of hydrogen-bond acceptors (Lipinski definition) is 4. The lowest BCUT2D eigenvalue weighted by Crippen LogP contribution is -2.41. The molecule has 0 amide bonds. The summed E-state index contributed by atoms with van der Waals surface area (Å²) in [6.07, 6.45) is 1.82. The van der Waals surface area contributed by atoms with Crippen molar-refractivity contribution in [2.45, 2.75) is 23.8 Å². The predicted molar refractivity (Wildman–Crippen MR) is 84.0 cm³/mol. The van der Waals surface area contributed by atoms with Gasteiger partial charge in [0.2, 0.25) is 10.0 Å². The zero-order valence-corrected chi connectivity index (χ0v) is 14.1. The molecule has 0 aliphatic carbocycles. The maximum absolute atomic E-state index is 12.7. The molecule has 0 aromatic heterocycles. The van der Waals surface area contributed by atoms with Gasteiger partial charge in [-0.2, -0.15) is 4.31 Å². The predicted octanol–water partition coefficient (Wildman–Crippen LogP) is 1.75. The van der Waals surface area contributed by atoms with Crippen LogP contribution in [0.5, 0.6) is 0 Å². The molecule has 5 nitrogen and oxygen atoms in total. The minimum atomic E-state index is -3.45. The summed E-state index contributed by atoms with van der Waals surface area (Å²) in [6.45, 7) is 1.33. The SMILES string of the molecule is CN(C)CC1CCCN1S(=O)(=O)c1ccc(N)c(Br)c1. The molecular weight excluding hydrogens is 342 g/mol. The zero-order valence-electron chi connectivity index (χ0n) is 11.7. The van der Waals surface area contributed by atoms with Gasteiger partial charge in [-0.3, -0.25) is 0 Å². The third-order valence-corrected chi connectivity index (χ3v) is 6.11. The van der Waals surface area contributed by atoms with E-state index in [0.717, 1.165) is 19.4 Å². The number of likely N-dealkylation sites (N-methyl/N-ethyl adjacent to an activating group) is 1. The summed E-state index contributed by atoms with van der Waals surface area (Å²) < 4.78 is 27.7. The second-order valence-corrected chi connectivity index (χ2v) is 8.10. The first kappa shape index (κ1) is 15.8. The van der Waals surface area contributed by atoms with Crippen LogP contribution in [-0.4, -0.2) is 50.8 Å². The lowest BCUT2D eigenvalue weighted by Gasteiger charge is -2.26. The molecule has 1 aromatic rings. The molecule has 0 radical (unpaired) electrons. The molecule has 20 heavy (non-hydrogen) atoms. The van der Waals surface area contributed by atoms with Crippen LogP contribution in [0.1, 0.15) is 12.8 Å². The van der Waals surface area contributed by atoms with Gasteiger partial charge < -0.3 is 10.6 Å². The molecule has 0 bridgehead atoms. The van der Waals surface area contributed by atoms with Crippen LogP contribution in [0.3, 0.4) is 0 Å². The van der Waals surface area contributed by atoms with Gasteiger partial charge in [0.15, 0.2) is 0 Å². The van der Waals surface area contributed by atoms with E-state index in [0.29, 0.717) is 21.6 Å². The van der Waals surface area contributed by atoms with E-state index in [4.69, 9.17) is 5.73 Å². The van der Waals surface area contributed by atoms with Gasteiger partial charge in [-0.05, 0) is 61.1 Å². The standard InChI is InChI=1S/C13H20BrN3O2S/c1-16(2)9-10-4-3-7-17(10)20(18,19)11-5-6-13(15)12(14)8-11/h5-6,8,10H,3-4,7,9,15H2,1-2H3. The molecule has 2 N–H and O–H groups in total. The van der Waals surface area contributed by atoms with Crippen molar-refractivity contribution < 1.29 is 8.42 Å². The average Bonchev–Trinajstić information content (AvgIpc) is 2.80. The second kappa shape index (κ2) is 6.01. The Balaban J connectivity index is 2.31. The summed E-state index contributed by atoms with van der Waals surface area (Å²) >= 11 is 3.29. The molecule has 1 atom stereocenters. The smallest absolute Gasteiger partial charge is 0.243 e. The maximum atomic E-state index is 12.7. The van der Waals surface area contributed by atoms with Gasteiger partial charge in [0.1, 0.15) is 0 Å². The van der Waals surface area contributed by atoms with Gasteiger partial charge in [0, 0.05) is 29.3 Å². The molecule has 1 fully saturated rings. The molecule has 112 valence electrons.